The fraction of sp³-hybridized carbons (Fsp3) is 0.750. The number of carbonyl (C=O) groups excluding carboxylic acids is 2. The molecule has 0 amide bonds. The molecule has 1 atom stereocenters. The normalized spacial score (nSPS) is 20.9. The average Bonchev–Trinajstić information content (AvgIpc) is 2.30. The molecule has 5 heteroatoms. The number of rotatable bonds is 5. The van der Waals surface area contributed by atoms with Crippen molar-refractivity contribution in [2.45, 2.75) is 26.2 Å². The second-order valence-corrected chi connectivity index (χ2v) is 4.15. The first-order valence-electron chi connectivity index (χ1n) is 5.95. The van der Waals surface area contributed by atoms with Gasteiger partial charge in [-0.15, -0.1) is 0 Å². The molecular weight excluding hydrogens is 220 g/mol. The maximum atomic E-state index is 11.6. The average molecular weight is 238 g/mol. The van der Waals surface area contributed by atoms with Gasteiger partial charge < -0.3 is 4.74 Å². The maximum absolute atomic E-state index is 11.6. The SMILES string of the molecule is CCOC(=O)CN1CCC(=O)C(CCC#N)C1. The summed E-state index contributed by atoms with van der Waals surface area (Å²) in [4.78, 5) is 24.8. The van der Waals surface area contributed by atoms with Crippen LogP contribution in [0.5, 0.6) is 0 Å². The van der Waals surface area contributed by atoms with Crippen LogP contribution in [0.2, 0.25) is 0 Å². The molecule has 5 nitrogen and oxygen atoms in total. The Labute approximate surface area is 101 Å². The number of ether oxygens (including phenoxy) is 1. The monoisotopic (exact) mass is 238 g/mol. The molecule has 94 valence electrons. The number of Topliss-reactive ketones (excluding diaryl/α,β-unsaturated/α-hetero) is 1. The van der Waals surface area contributed by atoms with Crippen molar-refractivity contribution >= 4 is 11.8 Å². The fourth-order valence-corrected chi connectivity index (χ4v) is 2.00. The highest BCUT2D eigenvalue weighted by Crippen LogP contribution is 2.17. The van der Waals surface area contributed by atoms with Crippen molar-refractivity contribution in [3.8, 4) is 6.07 Å². The third-order valence-electron chi connectivity index (χ3n) is 2.87. The molecule has 0 aromatic carbocycles. The molecular formula is C12H18N2O3. The summed E-state index contributed by atoms with van der Waals surface area (Å²) >= 11 is 0. The predicted octanol–water partition coefficient (Wildman–Crippen LogP) is 0.744. The zero-order valence-electron chi connectivity index (χ0n) is 10.1. The molecule has 1 saturated heterocycles. The summed E-state index contributed by atoms with van der Waals surface area (Å²) < 4.78 is 4.87. The summed E-state index contributed by atoms with van der Waals surface area (Å²) in [7, 11) is 0. The van der Waals surface area contributed by atoms with Crippen LogP contribution in [0.25, 0.3) is 0 Å². The van der Waals surface area contributed by atoms with Gasteiger partial charge in [-0.2, -0.15) is 5.26 Å². The van der Waals surface area contributed by atoms with Gasteiger partial charge in [0.05, 0.1) is 19.2 Å². The molecule has 0 aliphatic carbocycles. The van der Waals surface area contributed by atoms with Gasteiger partial charge in [-0.3, -0.25) is 14.5 Å². The molecule has 1 heterocycles. The lowest BCUT2D eigenvalue weighted by Gasteiger charge is -2.30. The standard InChI is InChI=1S/C12H18N2O3/c1-2-17-12(16)9-14-7-5-11(15)10(8-14)4-3-6-13/h10H,2-5,7-9H2,1H3. The lowest BCUT2D eigenvalue weighted by atomic mass is 9.92. The van der Waals surface area contributed by atoms with Gasteiger partial charge in [0.15, 0.2) is 0 Å². The number of nitriles is 1. The number of hydrogen-bond donors (Lipinski definition) is 0. The zero-order valence-corrected chi connectivity index (χ0v) is 10.1. The van der Waals surface area contributed by atoms with E-state index in [9.17, 15) is 9.59 Å². The summed E-state index contributed by atoms with van der Waals surface area (Å²) in [5.41, 5.74) is 0. The van der Waals surface area contributed by atoms with Crippen LogP contribution >= 0.6 is 0 Å². The van der Waals surface area contributed by atoms with Gasteiger partial charge in [-0.05, 0) is 13.3 Å². The molecule has 0 saturated carbocycles. The van der Waals surface area contributed by atoms with E-state index in [0.29, 0.717) is 39.0 Å². The van der Waals surface area contributed by atoms with Crippen LogP contribution in [-0.2, 0) is 14.3 Å². The minimum absolute atomic E-state index is 0.0992. The summed E-state index contributed by atoms with van der Waals surface area (Å²) in [5.74, 6) is -0.140. The molecule has 1 aliphatic rings. The van der Waals surface area contributed by atoms with Gasteiger partial charge in [-0.25, -0.2) is 0 Å². The lowest BCUT2D eigenvalue weighted by molar-refractivity contribution is -0.146. The number of nitrogens with zero attached hydrogens (tertiary/aromatic N) is 2. The largest absolute Gasteiger partial charge is 0.465 e. The van der Waals surface area contributed by atoms with Crippen molar-refractivity contribution in [3.05, 3.63) is 0 Å². The fourth-order valence-electron chi connectivity index (χ4n) is 2.00. The van der Waals surface area contributed by atoms with E-state index < -0.39 is 0 Å². The van der Waals surface area contributed by atoms with Crippen LogP contribution < -0.4 is 0 Å². The molecule has 1 aliphatic heterocycles. The predicted molar refractivity (Wildman–Crippen MR) is 61.0 cm³/mol. The summed E-state index contributed by atoms with van der Waals surface area (Å²) in [6, 6.07) is 2.05. The number of hydrogen-bond acceptors (Lipinski definition) is 5. The number of carbonyl (C=O) groups is 2. The molecule has 0 N–H and O–H groups in total. The Hall–Kier alpha value is -1.41. The minimum Gasteiger partial charge on any atom is -0.465 e. The highest BCUT2D eigenvalue weighted by Gasteiger charge is 2.27. The Morgan fingerprint density at radius 1 is 1.65 bits per heavy atom. The van der Waals surface area contributed by atoms with Crippen LogP contribution in [0.4, 0.5) is 0 Å². The van der Waals surface area contributed by atoms with Crippen molar-refractivity contribution in [2.24, 2.45) is 5.92 Å². The lowest BCUT2D eigenvalue weighted by Crippen LogP contribution is -2.43. The van der Waals surface area contributed by atoms with E-state index in [2.05, 4.69) is 0 Å². The molecule has 1 rings (SSSR count). The molecule has 1 unspecified atom stereocenters. The number of ketones is 1. The molecule has 1 fully saturated rings. The molecule has 0 spiro atoms. The van der Waals surface area contributed by atoms with E-state index in [0.717, 1.165) is 0 Å². The quantitative estimate of drug-likeness (QED) is 0.661. The zero-order chi connectivity index (χ0) is 12.7. The van der Waals surface area contributed by atoms with Crippen molar-refractivity contribution in [1.29, 1.82) is 5.26 Å². The molecule has 17 heavy (non-hydrogen) atoms. The third kappa shape index (κ3) is 4.53. The Morgan fingerprint density at radius 3 is 3.06 bits per heavy atom. The molecule has 0 radical (unpaired) electrons. The van der Waals surface area contributed by atoms with Gasteiger partial charge in [0.25, 0.3) is 0 Å². The van der Waals surface area contributed by atoms with Crippen molar-refractivity contribution in [3.63, 3.8) is 0 Å². The number of likely N-dealkylation sites (tertiary alicyclic amines) is 1. The van der Waals surface area contributed by atoms with E-state index in [1.54, 1.807) is 6.92 Å². The second kappa shape index (κ2) is 7.02. The van der Waals surface area contributed by atoms with Gasteiger partial charge in [-0.1, -0.05) is 0 Å². The van der Waals surface area contributed by atoms with E-state index in [-0.39, 0.29) is 24.2 Å². The Balaban J connectivity index is 2.41. The first-order valence-corrected chi connectivity index (χ1v) is 5.95. The van der Waals surface area contributed by atoms with Crippen molar-refractivity contribution in [1.82, 2.24) is 4.90 Å². The number of esters is 1. The van der Waals surface area contributed by atoms with Crippen LogP contribution in [0.1, 0.15) is 26.2 Å². The highest BCUT2D eigenvalue weighted by molar-refractivity contribution is 5.82. The highest BCUT2D eigenvalue weighted by atomic mass is 16.5. The number of piperidine rings is 1. The van der Waals surface area contributed by atoms with E-state index >= 15 is 0 Å². The van der Waals surface area contributed by atoms with E-state index in [1.807, 2.05) is 11.0 Å². The van der Waals surface area contributed by atoms with Gasteiger partial charge in [0.1, 0.15) is 5.78 Å². The molecule has 0 aromatic rings. The van der Waals surface area contributed by atoms with Crippen molar-refractivity contribution in [2.75, 3.05) is 26.2 Å². The Kier molecular flexibility index (Phi) is 5.64. The van der Waals surface area contributed by atoms with Crippen LogP contribution in [0, 0.1) is 17.2 Å². The first kappa shape index (κ1) is 13.7. The molecule has 0 bridgehead atoms. The van der Waals surface area contributed by atoms with Gasteiger partial charge in [0, 0.05) is 31.8 Å². The van der Waals surface area contributed by atoms with Crippen LogP contribution in [0.15, 0.2) is 0 Å². The molecule has 0 aromatic heterocycles. The summed E-state index contributed by atoms with van der Waals surface area (Å²) in [5, 5.41) is 8.52. The van der Waals surface area contributed by atoms with Crippen molar-refractivity contribution < 1.29 is 14.3 Å². The smallest absolute Gasteiger partial charge is 0.320 e. The Bertz CT molecular complexity index is 322. The third-order valence-corrected chi connectivity index (χ3v) is 2.87. The second-order valence-electron chi connectivity index (χ2n) is 4.15. The first-order chi connectivity index (χ1) is 8.17. The topological polar surface area (TPSA) is 70.4 Å². The van der Waals surface area contributed by atoms with E-state index in [4.69, 9.17) is 10.00 Å². The summed E-state index contributed by atoms with van der Waals surface area (Å²) in [6.45, 7) is 3.57. The summed E-state index contributed by atoms with van der Waals surface area (Å²) in [6.07, 6.45) is 1.45. The minimum atomic E-state index is -0.249. The van der Waals surface area contributed by atoms with E-state index in [1.165, 1.54) is 0 Å². The van der Waals surface area contributed by atoms with Gasteiger partial charge in [0.2, 0.25) is 0 Å². The maximum Gasteiger partial charge on any atom is 0.320 e. The van der Waals surface area contributed by atoms with Crippen LogP contribution in [0.3, 0.4) is 0 Å². The Morgan fingerprint density at radius 2 is 2.41 bits per heavy atom. The van der Waals surface area contributed by atoms with Gasteiger partial charge >= 0.3 is 5.97 Å². The van der Waals surface area contributed by atoms with Crippen LogP contribution in [-0.4, -0.2) is 42.9 Å².